The summed E-state index contributed by atoms with van der Waals surface area (Å²) < 4.78 is 5.81. The molecule has 1 aliphatic rings. The van der Waals surface area contributed by atoms with Gasteiger partial charge in [0, 0.05) is 12.0 Å². The number of para-hydroxylation sites is 1. The molecule has 2 unspecified atom stereocenters. The fourth-order valence-corrected chi connectivity index (χ4v) is 3.12. The lowest BCUT2D eigenvalue weighted by atomic mass is 9.87. The van der Waals surface area contributed by atoms with Gasteiger partial charge in [0.25, 0.3) is 0 Å². The summed E-state index contributed by atoms with van der Waals surface area (Å²) >= 11 is 0. The molecule has 1 heterocycles. The van der Waals surface area contributed by atoms with Crippen LogP contribution in [0.5, 0.6) is 5.75 Å². The largest absolute Gasteiger partial charge is 0.494 e. The summed E-state index contributed by atoms with van der Waals surface area (Å²) in [6, 6.07) is 19.5. The lowest BCUT2D eigenvalue weighted by Crippen LogP contribution is -2.17. The molecule has 2 nitrogen and oxygen atoms in total. The van der Waals surface area contributed by atoms with Crippen LogP contribution in [0, 0.1) is 0 Å². The number of benzene rings is 2. The Hall–Kier alpha value is -1.80. The first kappa shape index (κ1) is 13.2. The van der Waals surface area contributed by atoms with E-state index in [9.17, 15) is 0 Å². The summed E-state index contributed by atoms with van der Waals surface area (Å²) in [5, 5.41) is 3.64. The van der Waals surface area contributed by atoms with E-state index >= 15 is 0 Å². The maximum atomic E-state index is 5.81. The quantitative estimate of drug-likeness (QED) is 0.907. The number of hydrogen-bond acceptors (Lipinski definition) is 2. The third kappa shape index (κ3) is 2.56. The Kier molecular flexibility index (Phi) is 4.03. The fraction of sp³-hybridized carbons (Fsp3) is 0.333. The third-order valence-corrected chi connectivity index (χ3v) is 4.00. The normalized spacial score (nSPS) is 21.9. The zero-order valence-corrected chi connectivity index (χ0v) is 11.9. The van der Waals surface area contributed by atoms with Crippen molar-refractivity contribution in [1.82, 2.24) is 5.32 Å². The molecule has 0 saturated carbocycles. The molecule has 0 spiro atoms. The molecule has 20 heavy (non-hydrogen) atoms. The van der Waals surface area contributed by atoms with Crippen LogP contribution in [-0.2, 0) is 0 Å². The van der Waals surface area contributed by atoms with Gasteiger partial charge in [0.1, 0.15) is 5.75 Å². The molecule has 3 rings (SSSR count). The van der Waals surface area contributed by atoms with Crippen LogP contribution in [0.15, 0.2) is 54.6 Å². The lowest BCUT2D eigenvalue weighted by Gasteiger charge is -2.22. The van der Waals surface area contributed by atoms with Gasteiger partial charge in [-0.2, -0.15) is 0 Å². The summed E-state index contributed by atoms with van der Waals surface area (Å²) in [6.45, 7) is 3.82. The Morgan fingerprint density at radius 2 is 1.80 bits per heavy atom. The summed E-state index contributed by atoms with van der Waals surface area (Å²) in [5.74, 6) is 1.52. The Bertz CT molecular complexity index is 552. The van der Waals surface area contributed by atoms with Crippen molar-refractivity contribution in [3.8, 4) is 5.75 Å². The van der Waals surface area contributed by atoms with E-state index in [1.54, 1.807) is 0 Å². The molecule has 1 N–H and O–H groups in total. The van der Waals surface area contributed by atoms with E-state index in [1.165, 1.54) is 11.1 Å². The average Bonchev–Trinajstić information content (AvgIpc) is 2.98. The lowest BCUT2D eigenvalue weighted by molar-refractivity contribution is 0.332. The molecular formula is C18H21NO. The molecule has 0 aliphatic carbocycles. The molecule has 0 amide bonds. The number of rotatable bonds is 4. The van der Waals surface area contributed by atoms with E-state index in [4.69, 9.17) is 4.74 Å². The van der Waals surface area contributed by atoms with E-state index in [0.717, 1.165) is 18.7 Å². The van der Waals surface area contributed by atoms with Crippen molar-refractivity contribution in [2.45, 2.75) is 25.3 Å². The second-order valence-electron chi connectivity index (χ2n) is 5.21. The van der Waals surface area contributed by atoms with E-state index in [1.807, 2.05) is 13.0 Å². The second-order valence-corrected chi connectivity index (χ2v) is 5.21. The van der Waals surface area contributed by atoms with Gasteiger partial charge in [0.05, 0.1) is 6.61 Å². The number of ether oxygens (including phenoxy) is 1. The van der Waals surface area contributed by atoms with Gasteiger partial charge in [-0.25, -0.2) is 0 Å². The van der Waals surface area contributed by atoms with Crippen molar-refractivity contribution in [3.63, 3.8) is 0 Å². The van der Waals surface area contributed by atoms with Crippen LogP contribution in [0.25, 0.3) is 0 Å². The molecule has 1 fully saturated rings. The van der Waals surface area contributed by atoms with Crippen LogP contribution in [0.4, 0.5) is 0 Å². The van der Waals surface area contributed by atoms with Gasteiger partial charge in [0.2, 0.25) is 0 Å². The molecule has 2 aromatic rings. The molecule has 0 bridgehead atoms. The predicted octanol–water partition coefficient (Wildman–Crippen LogP) is 3.90. The third-order valence-electron chi connectivity index (χ3n) is 4.00. The van der Waals surface area contributed by atoms with Crippen LogP contribution >= 0.6 is 0 Å². The van der Waals surface area contributed by atoms with Crippen molar-refractivity contribution >= 4 is 0 Å². The van der Waals surface area contributed by atoms with Crippen molar-refractivity contribution in [2.24, 2.45) is 0 Å². The smallest absolute Gasteiger partial charge is 0.122 e. The van der Waals surface area contributed by atoms with Gasteiger partial charge >= 0.3 is 0 Å². The molecule has 0 radical (unpaired) electrons. The van der Waals surface area contributed by atoms with Crippen molar-refractivity contribution < 1.29 is 4.74 Å². The minimum absolute atomic E-state index is 0.387. The van der Waals surface area contributed by atoms with Gasteiger partial charge in [0.15, 0.2) is 0 Å². The molecule has 0 aromatic heterocycles. The standard InChI is InChI=1S/C18H21NO/c1-2-20-17-11-7-6-10-15(17)16-12-13-19-18(16)14-8-4-3-5-9-14/h3-11,16,18-19H,2,12-13H2,1H3. The summed E-state index contributed by atoms with van der Waals surface area (Å²) in [5.41, 5.74) is 2.69. The molecule has 2 atom stereocenters. The van der Waals surface area contributed by atoms with Crippen molar-refractivity contribution in [1.29, 1.82) is 0 Å². The summed E-state index contributed by atoms with van der Waals surface area (Å²) in [4.78, 5) is 0. The van der Waals surface area contributed by atoms with E-state index in [0.29, 0.717) is 18.6 Å². The molecule has 104 valence electrons. The molecule has 1 aliphatic heterocycles. The number of nitrogens with one attached hydrogen (secondary N) is 1. The molecule has 2 aromatic carbocycles. The van der Waals surface area contributed by atoms with Crippen LogP contribution in [-0.4, -0.2) is 13.2 Å². The second kappa shape index (κ2) is 6.10. The average molecular weight is 267 g/mol. The van der Waals surface area contributed by atoms with Gasteiger partial charge in [-0.05, 0) is 37.1 Å². The highest BCUT2D eigenvalue weighted by Crippen LogP contribution is 2.41. The zero-order chi connectivity index (χ0) is 13.8. The maximum Gasteiger partial charge on any atom is 0.122 e. The van der Waals surface area contributed by atoms with Gasteiger partial charge in [-0.15, -0.1) is 0 Å². The highest BCUT2D eigenvalue weighted by molar-refractivity contribution is 5.39. The SMILES string of the molecule is CCOc1ccccc1C1CCNC1c1ccccc1. The fourth-order valence-electron chi connectivity index (χ4n) is 3.12. The van der Waals surface area contributed by atoms with Crippen LogP contribution in [0.2, 0.25) is 0 Å². The molecule has 2 heteroatoms. The maximum absolute atomic E-state index is 5.81. The highest BCUT2D eigenvalue weighted by atomic mass is 16.5. The molecular weight excluding hydrogens is 246 g/mol. The zero-order valence-electron chi connectivity index (χ0n) is 11.9. The van der Waals surface area contributed by atoms with Gasteiger partial charge in [-0.1, -0.05) is 48.5 Å². The van der Waals surface area contributed by atoms with Gasteiger partial charge in [-0.3, -0.25) is 0 Å². The molecule has 1 saturated heterocycles. The summed E-state index contributed by atoms with van der Waals surface area (Å²) in [6.07, 6.45) is 1.16. The van der Waals surface area contributed by atoms with E-state index in [2.05, 4.69) is 53.8 Å². The van der Waals surface area contributed by atoms with Crippen LogP contribution in [0.3, 0.4) is 0 Å². The van der Waals surface area contributed by atoms with E-state index < -0.39 is 0 Å². The predicted molar refractivity (Wildman–Crippen MR) is 82.2 cm³/mol. The van der Waals surface area contributed by atoms with Crippen molar-refractivity contribution in [3.05, 3.63) is 65.7 Å². The highest BCUT2D eigenvalue weighted by Gasteiger charge is 2.31. The first-order chi connectivity index (χ1) is 9.90. The Labute approximate surface area is 120 Å². The van der Waals surface area contributed by atoms with Gasteiger partial charge < -0.3 is 10.1 Å². The summed E-state index contributed by atoms with van der Waals surface area (Å²) in [7, 11) is 0. The monoisotopic (exact) mass is 267 g/mol. The minimum Gasteiger partial charge on any atom is -0.494 e. The van der Waals surface area contributed by atoms with Crippen molar-refractivity contribution in [2.75, 3.05) is 13.2 Å². The Balaban J connectivity index is 1.93. The van der Waals surface area contributed by atoms with Crippen LogP contribution in [0.1, 0.15) is 36.4 Å². The Morgan fingerprint density at radius 3 is 2.60 bits per heavy atom. The van der Waals surface area contributed by atoms with E-state index in [-0.39, 0.29) is 0 Å². The number of hydrogen-bond donors (Lipinski definition) is 1. The minimum atomic E-state index is 0.387. The first-order valence-corrected chi connectivity index (χ1v) is 7.40. The first-order valence-electron chi connectivity index (χ1n) is 7.40. The topological polar surface area (TPSA) is 21.3 Å². The van der Waals surface area contributed by atoms with Crippen LogP contribution < -0.4 is 10.1 Å². The Morgan fingerprint density at radius 1 is 1.05 bits per heavy atom.